The molecule has 0 aromatic rings. The minimum absolute atomic E-state index is 1.01. The van der Waals surface area contributed by atoms with E-state index in [0.29, 0.717) is 0 Å². The standard InChI is InChI=1S/C31H60S3Si/c1-2-3-25-35(26-13-22-32-29-16-7-4-8-17-29,27-14-23-33-30-18-9-5-10-19-30)28-15-24-34-31-20-11-6-12-21-31/h29-31H,2-28H2,1H3. The number of thioether (sulfide) groups is 3. The molecule has 0 spiro atoms. The summed E-state index contributed by atoms with van der Waals surface area (Å²) in [6.07, 6.45) is 30.2. The third kappa shape index (κ3) is 13.3. The molecule has 4 heteroatoms. The summed E-state index contributed by atoms with van der Waals surface area (Å²) in [6, 6.07) is 6.64. The van der Waals surface area contributed by atoms with Crippen LogP contribution in [-0.2, 0) is 0 Å². The van der Waals surface area contributed by atoms with Crippen molar-refractivity contribution in [2.75, 3.05) is 17.3 Å². The van der Waals surface area contributed by atoms with Gasteiger partial charge < -0.3 is 0 Å². The molecule has 3 aliphatic carbocycles. The second-order valence-electron chi connectivity index (χ2n) is 12.3. The minimum Gasteiger partial charge on any atom is -0.159 e. The molecule has 0 aliphatic heterocycles. The molecule has 3 saturated carbocycles. The first kappa shape index (κ1) is 30.8. The minimum atomic E-state index is -1.12. The number of hydrogen-bond donors (Lipinski definition) is 0. The van der Waals surface area contributed by atoms with Crippen LogP contribution >= 0.6 is 35.3 Å². The van der Waals surface area contributed by atoms with Gasteiger partial charge >= 0.3 is 0 Å². The van der Waals surface area contributed by atoms with Crippen LogP contribution in [0.25, 0.3) is 0 Å². The van der Waals surface area contributed by atoms with E-state index in [9.17, 15) is 0 Å². The molecule has 3 rings (SSSR count). The molecular weight excluding hydrogens is 497 g/mol. The van der Waals surface area contributed by atoms with Crippen LogP contribution in [0, 0.1) is 0 Å². The van der Waals surface area contributed by atoms with Crippen molar-refractivity contribution in [2.45, 2.75) is 175 Å². The number of unbranched alkanes of at least 4 members (excludes halogenated alkanes) is 1. The Hall–Kier alpha value is 1.27. The highest BCUT2D eigenvalue weighted by molar-refractivity contribution is 8.00. The van der Waals surface area contributed by atoms with E-state index < -0.39 is 8.07 Å². The summed E-state index contributed by atoms with van der Waals surface area (Å²) in [5.41, 5.74) is 0. The fraction of sp³-hybridized carbons (Fsp3) is 1.00. The highest BCUT2D eigenvalue weighted by Gasteiger charge is 2.31. The predicted molar refractivity (Wildman–Crippen MR) is 172 cm³/mol. The van der Waals surface area contributed by atoms with E-state index in [1.807, 2.05) is 0 Å². The molecule has 0 nitrogen and oxygen atoms in total. The summed E-state index contributed by atoms with van der Waals surface area (Å²) < 4.78 is 0. The monoisotopic (exact) mass is 556 g/mol. The average Bonchev–Trinajstić information content (AvgIpc) is 2.92. The molecule has 0 saturated heterocycles. The maximum Gasteiger partial charge on any atom is 0.0536 e. The van der Waals surface area contributed by atoms with Crippen molar-refractivity contribution >= 4 is 43.4 Å². The molecular formula is C31H60S3Si. The van der Waals surface area contributed by atoms with Crippen LogP contribution in [-0.4, -0.2) is 41.1 Å². The molecule has 0 heterocycles. The molecule has 0 amide bonds. The van der Waals surface area contributed by atoms with Crippen molar-refractivity contribution in [3.05, 3.63) is 0 Å². The van der Waals surface area contributed by atoms with Crippen molar-refractivity contribution in [2.24, 2.45) is 0 Å². The van der Waals surface area contributed by atoms with Gasteiger partial charge in [0.05, 0.1) is 8.07 Å². The van der Waals surface area contributed by atoms with Crippen molar-refractivity contribution < 1.29 is 0 Å². The van der Waals surface area contributed by atoms with E-state index in [2.05, 4.69) is 42.2 Å². The van der Waals surface area contributed by atoms with E-state index in [1.165, 1.54) is 126 Å². The number of rotatable bonds is 18. The lowest BCUT2D eigenvalue weighted by molar-refractivity contribution is 0.516. The zero-order chi connectivity index (χ0) is 24.4. The van der Waals surface area contributed by atoms with E-state index in [0.717, 1.165) is 15.7 Å². The van der Waals surface area contributed by atoms with Crippen LogP contribution in [0.2, 0.25) is 24.2 Å². The largest absolute Gasteiger partial charge is 0.159 e. The normalized spacial score (nSPS) is 21.5. The average molecular weight is 557 g/mol. The highest BCUT2D eigenvalue weighted by Crippen LogP contribution is 2.37. The van der Waals surface area contributed by atoms with Crippen LogP contribution in [0.3, 0.4) is 0 Å². The lowest BCUT2D eigenvalue weighted by Crippen LogP contribution is -2.34. The smallest absolute Gasteiger partial charge is 0.0536 e. The summed E-state index contributed by atoms with van der Waals surface area (Å²) in [6.45, 7) is 2.44. The highest BCUT2D eigenvalue weighted by atomic mass is 32.2. The van der Waals surface area contributed by atoms with E-state index in [1.54, 1.807) is 43.4 Å². The van der Waals surface area contributed by atoms with Gasteiger partial charge in [-0.1, -0.05) is 102 Å². The third-order valence-electron chi connectivity index (χ3n) is 9.33. The molecule has 3 aliphatic rings. The van der Waals surface area contributed by atoms with Gasteiger partial charge in [-0.25, -0.2) is 0 Å². The van der Waals surface area contributed by atoms with E-state index in [-0.39, 0.29) is 0 Å². The molecule has 35 heavy (non-hydrogen) atoms. The first-order chi connectivity index (χ1) is 17.3. The van der Waals surface area contributed by atoms with Crippen molar-refractivity contribution in [3.8, 4) is 0 Å². The Labute approximate surface area is 234 Å². The van der Waals surface area contributed by atoms with Gasteiger partial charge in [-0.3, -0.25) is 0 Å². The summed E-state index contributed by atoms with van der Waals surface area (Å²) in [7, 11) is -1.12. The quantitative estimate of drug-likeness (QED) is 0.122. The van der Waals surface area contributed by atoms with Gasteiger partial charge in [0.2, 0.25) is 0 Å². The summed E-state index contributed by atoms with van der Waals surface area (Å²) in [5, 5.41) is 3.03. The van der Waals surface area contributed by atoms with Gasteiger partial charge in [0.15, 0.2) is 0 Å². The Bertz CT molecular complexity index is 431. The van der Waals surface area contributed by atoms with Gasteiger partial charge in [0, 0.05) is 15.7 Å². The van der Waals surface area contributed by atoms with Gasteiger partial charge in [-0.2, -0.15) is 35.3 Å². The van der Waals surface area contributed by atoms with Crippen molar-refractivity contribution in [3.63, 3.8) is 0 Å². The molecule has 0 N–H and O–H groups in total. The predicted octanol–water partition coefficient (Wildman–Crippen LogP) is 11.6. The molecule has 206 valence electrons. The van der Waals surface area contributed by atoms with Crippen LogP contribution in [0.4, 0.5) is 0 Å². The Morgan fingerprint density at radius 3 is 1.09 bits per heavy atom. The first-order valence-electron chi connectivity index (χ1n) is 16.1. The molecule has 0 aromatic carbocycles. The first-order valence-corrected chi connectivity index (χ1v) is 22.1. The molecule has 0 unspecified atom stereocenters. The number of hydrogen-bond acceptors (Lipinski definition) is 3. The summed E-state index contributed by atoms with van der Waals surface area (Å²) in [4.78, 5) is 0. The van der Waals surface area contributed by atoms with Gasteiger partial charge in [0.1, 0.15) is 0 Å². The molecule has 0 radical (unpaired) electrons. The van der Waals surface area contributed by atoms with E-state index >= 15 is 0 Å². The third-order valence-corrected chi connectivity index (χ3v) is 19.4. The molecule has 0 atom stereocenters. The Morgan fingerprint density at radius 1 is 0.457 bits per heavy atom. The zero-order valence-electron chi connectivity index (χ0n) is 23.5. The van der Waals surface area contributed by atoms with Crippen LogP contribution in [0.1, 0.15) is 135 Å². The zero-order valence-corrected chi connectivity index (χ0v) is 27.0. The van der Waals surface area contributed by atoms with E-state index in [4.69, 9.17) is 0 Å². The second kappa shape index (κ2) is 19.3. The van der Waals surface area contributed by atoms with Crippen molar-refractivity contribution in [1.82, 2.24) is 0 Å². The fourth-order valence-electron chi connectivity index (χ4n) is 7.09. The Balaban J connectivity index is 1.45. The van der Waals surface area contributed by atoms with Gasteiger partial charge in [-0.05, 0) is 75.0 Å². The van der Waals surface area contributed by atoms with Crippen LogP contribution in [0.5, 0.6) is 0 Å². The summed E-state index contributed by atoms with van der Waals surface area (Å²) >= 11 is 7.11. The fourth-order valence-corrected chi connectivity index (χ4v) is 17.2. The molecule has 3 fully saturated rings. The SMILES string of the molecule is CCCC[Si](CCCSC1CCCCC1)(CCCSC1CCCCC1)CCCSC1CCCCC1. The van der Waals surface area contributed by atoms with Crippen LogP contribution < -0.4 is 0 Å². The van der Waals surface area contributed by atoms with Gasteiger partial charge in [-0.15, -0.1) is 0 Å². The molecule has 0 bridgehead atoms. The lowest BCUT2D eigenvalue weighted by Gasteiger charge is -2.33. The lowest BCUT2D eigenvalue weighted by atomic mass is 10.0. The van der Waals surface area contributed by atoms with Crippen LogP contribution in [0.15, 0.2) is 0 Å². The van der Waals surface area contributed by atoms with Gasteiger partial charge in [0.25, 0.3) is 0 Å². The summed E-state index contributed by atoms with van der Waals surface area (Å²) in [5.74, 6) is 4.41. The maximum absolute atomic E-state index is 2.44. The Kier molecular flexibility index (Phi) is 17.0. The second-order valence-corrected chi connectivity index (χ2v) is 21.5. The van der Waals surface area contributed by atoms with Crippen molar-refractivity contribution in [1.29, 1.82) is 0 Å². The maximum atomic E-state index is 2.44. The Morgan fingerprint density at radius 2 is 0.771 bits per heavy atom. The topological polar surface area (TPSA) is 0 Å². The molecule has 0 aromatic heterocycles.